The topological polar surface area (TPSA) is 143 Å². The maximum Gasteiger partial charge on any atom is 0.251 e. The van der Waals surface area contributed by atoms with E-state index in [0.717, 1.165) is 6.42 Å². The minimum atomic E-state index is -0.178. The fraction of sp³-hybridized carbons (Fsp3) is 0.448. The number of ether oxygens (including phenoxy) is 2. The molecule has 1 heterocycles. The van der Waals surface area contributed by atoms with Gasteiger partial charge in [0.1, 0.15) is 0 Å². The average Bonchev–Trinajstić information content (AvgIpc) is 2.97. The van der Waals surface area contributed by atoms with Crippen molar-refractivity contribution in [3.05, 3.63) is 71.8 Å². The summed E-state index contributed by atoms with van der Waals surface area (Å²) in [6, 6.07) is 19.1. The molecule has 0 aliphatic rings. The van der Waals surface area contributed by atoms with Gasteiger partial charge in [-0.05, 0) is 30.0 Å². The standard InChI is InChI=1S/C29H41N7O4/c1-22(2)25(21-37)33-29-35-27(31-14-13-23-9-5-3-6-10-23)34-28(36-29)32-16-18-40-20-19-39-17-15-30-26(38)24-11-7-4-8-12-24/h3-12,22,25,37H,13-21H2,1-2H3,(H,30,38)(H3,31,32,33,34,35,36)/t25-/m1/s1. The third kappa shape index (κ3) is 11.5. The molecule has 11 heteroatoms. The quantitative estimate of drug-likeness (QED) is 0.141. The number of nitrogens with one attached hydrogen (secondary N) is 4. The number of hydrogen-bond donors (Lipinski definition) is 5. The zero-order chi connectivity index (χ0) is 28.4. The lowest BCUT2D eigenvalue weighted by molar-refractivity contribution is 0.0519. The van der Waals surface area contributed by atoms with Crippen molar-refractivity contribution in [2.45, 2.75) is 26.3 Å². The predicted molar refractivity (Wildman–Crippen MR) is 157 cm³/mol. The lowest BCUT2D eigenvalue weighted by Crippen LogP contribution is -2.30. The summed E-state index contributed by atoms with van der Waals surface area (Å²) in [5, 5.41) is 22.2. The van der Waals surface area contributed by atoms with Crippen LogP contribution in [0.2, 0.25) is 0 Å². The molecule has 0 saturated carbocycles. The van der Waals surface area contributed by atoms with Crippen molar-refractivity contribution in [1.82, 2.24) is 20.3 Å². The molecule has 0 saturated heterocycles. The van der Waals surface area contributed by atoms with Crippen LogP contribution in [0.4, 0.5) is 17.8 Å². The van der Waals surface area contributed by atoms with Gasteiger partial charge < -0.3 is 35.8 Å². The second-order valence-corrected chi connectivity index (χ2v) is 9.42. The van der Waals surface area contributed by atoms with E-state index < -0.39 is 0 Å². The Morgan fingerprint density at radius 3 is 1.98 bits per heavy atom. The summed E-state index contributed by atoms with van der Waals surface area (Å²) >= 11 is 0. The number of rotatable bonds is 19. The molecule has 0 bridgehead atoms. The van der Waals surface area contributed by atoms with E-state index in [4.69, 9.17) is 9.47 Å². The Morgan fingerprint density at radius 2 is 1.35 bits per heavy atom. The van der Waals surface area contributed by atoms with Crippen LogP contribution >= 0.6 is 0 Å². The number of aromatic nitrogens is 3. The first-order chi connectivity index (χ1) is 19.5. The molecule has 0 fully saturated rings. The molecule has 0 radical (unpaired) electrons. The molecule has 1 atom stereocenters. The van der Waals surface area contributed by atoms with Crippen LogP contribution in [0.1, 0.15) is 29.8 Å². The summed E-state index contributed by atoms with van der Waals surface area (Å²) in [6.07, 6.45) is 0.832. The monoisotopic (exact) mass is 551 g/mol. The van der Waals surface area contributed by atoms with Gasteiger partial charge in [-0.2, -0.15) is 15.0 Å². The Balaban J connectivity index is 1.37. The van der Waals surface area contributed by atoms with E-state index in [2.05, 4.69) is 48.4 Å². The van der Waals surface area contributed by atoms with Gasteiger partial charge in [0.15, 0.2) is 0 Å². The average molecular weight is 552 g/mol. The zero-order valence-corrected chi connectivity index (χ0v) is 23.3. The molecule has 216 valence electrons. The number of aliphatic hydroxyl groups excluding tert-OH is 1. The highest BCUT2D eigenvalue weighted by Gasteiger charge is 2.15. The number of nitrogens with zero attached hydrogens (tertiary/aromatic N) is 3. The summed E-state index contributed by atoms with van der Waals surface area (Å²) in [5.41, 5.74) is 1.85. The van der Waals surface area contributed by atoms with E-state index >= 15 is 0 Å². The van der Waals surface area contributed by atoms with Crippen LogP contribution in [-0.4, -0.2) is 84.7 Å². The number of carbonyl (C=O) groups is 1. The summed E-state index contributed by atoms with van der Waals surface area (Å²) < 4.78 is 11.2. The van der Waals surface area contributed by atoms with Crippen LogP contribution in [-0.2, 0) is 15.9 Å². The van der Waals surface area contributed by atoms with E-state index in [1.54, 1.807) is 12.1 Å². The van der Waals surface area contributed by atoms with Crippen molar-refractivity contribution >= 4 is 23.8 Å². The third-order valence-electron chi connectivity index (χ3n) is 5.96. The normalized spacial score (nSPS) is 11.7. The number of benzene rings is 2. The van der Waals surface area contributed by atoms with Crippen LogP contribution in [0.5, 0.6) is 0 Å². The molecule has 3 rings (SSSR count). The minimum Gasteiger partial charge on any atom is -0.394 e. The van der Waals surface area contributed by atoms with Gasteiger partial charge in [0, 0.05) is 25.2 Å². The number of aliphatic hydroxyl groups is 1. The van der Waals surface area contributed by atoms with Gasteiger partial charge in [0.25, 0.3) is 5.91 Å². The second kappa shape index (κ2) is 17.7. The molecule has 40 heavy (non-hydrogen) atoms. The Hall–Kier alpha value is -3.80. The van der Waals surface area contributed by atoms with E-state index in [9.17, 15) is 9.90 Å². The summed E-state index contributed by atoms with van der Waals surface area (Å²) in [5.74, 6) is 1.33. The molecule has 0 unspecified atom stereocenters. The van der Waals surface area contributed by atoms with Crippen molar-refractivity contribution in [1.29, 1.82) is 0 Å². The van der Waals surface area contributed by atoms with Crippen LogP contribution in [0.3, 0.4) is 0 Å². The molecule has 1 amide bonds. The first-order valence-electron chi connectivity index (χ1n) is 13.7. The number of amides is 1. The maximum absolute atomic E-state index is 12.0. The number of carbonyl (C=O) groups excluding carboxylic acids is 1. The maximum atomic E-state index is 12.0. The summed E-state index contributed by atoms with van der Waals surface area (Å²) in [7, 11) is 0. The molecule has 3 aromatic rings. The number of anilines is 3. The van der Waals surface area contributed by atoms with Gasteiger partial charge >= 0.3 is 0 Å². The van der Waals surface area contributed by atoms with E-state index in [1.807, 2.05) is 50.2 Å². The molecule has 5 N–H and O–H groups in total. The van der Waals surface area contributed by atoms with Crippen LogP contribution in [0.15, 0.2) is 60.7 Å². The molecular weight excluding hydrogens is 510 g/mol. The highest BCUT2D eigenvalue weighted by atomic mass is 16.5. The molecular formula is C29H41N7O4. The van der Waals surface area contributed by atoms with Crippen molar-refractivity contribution in [2.24, 2.45) is 5.92 Å². The lowest BCUT2D eigenvalue weighted by Gasteiger charge is -2.20. The number of hydrogen-bond acceptors (Lipinski definition) is 10. The van der Waals surface area contributed by atoms with E-state index in [1.165, 1.54) is 5.56 Å². The van der Waals surface area contributed by atoms with Crippen molar-refractivity contribution in [2.75, 3.05) is 68.6 Å². The SMILES string of the molecule is CC(C)[C@@H](CO)Nc1nc(NCCOCCOCCNC(=O)c2ccccc2)nc(NCCc2ccccc2)n1. The van der Waals surface area contributed by atoms with E-state index in [0.29, 0.717) is 69.5 Å². The molecule has 1 aromatic heterocycles. The van der Waals surface area contributed by atoms with Gasteiger partial charge in [-0.15, -0.1) is 0 Å². The van der Waals surface area contributed by atoms with Gasteiger partial charge in [-0.3, -0.25) is 4.79 Å². The Labute approximate surface area is 236 Å². The van der Waals surface area contributed by atoms with Gasteiger partial charge in [-0.1, -0.05) is 62.4 Å². The molecule has 0 spiro atoms. The second-order valence-electron chi connectivity index (χ2n) is 9.42. The van der Waals surface area contributed by atoms with Crippen LogP contribution < -0.4 is 21.3 Å². The highest BCUT2D eigenvalue weighted by molar-refractivity contribution is 5.94. The molecule has 2 aromatic carbocycles. The first kappa shape index (κ1) is 30.7. The first-order valence-corrected chi connectivity index (χ1v) is 13.7. The zero-order valence-electron chi connectivity index (χ0n) is 23.3. The molecule has 0 aliphatic heterocycles. The Morgan fingerprint density at radius 1 is 0.775 bits per heavy atom. The Kier molecular flexibility index (Phi) is 13.6. The Bertz CT molecular complexity index is 1120. The van der Waals surface area contributed by atoms with E-state index in [-0.39, 0.29) is 24.5 Å². The third-order valence-corrected chi connectivity index (χ3v) is 5.96. The lowest BCUT2D eigenvalue weighted by atomic mass is 10.1. The van der Waals surface area contributed by atoms with Crippen LogP contribution in [0, 0.1) is 5.92 Å². The van der Waals surface area contributed by atoms with Crippen molar-refractivity contribution < 1.29 is 19.4 Å². The van der Waals surface area contributed by atoms with Crippen LogP contribution in [0.25, 0.3) is 0 Å². The van der Waals surface area contributed by atoms with Gasteiger partial charge in [0.2, 0.25) is 17.8 Å². The van der Waals surface area contributed by atoms with Gasteiger partial charge in [-0.25, -0.2) is 0 Å². The molecule has 0 aliphatic carbocycles. The van der Waals surface area contributed by atoms with Gasteiger partial charge in [0.05, 0.1) is 39.1 Å². The fourth-order valence-corrected chi connectivity index (χ4v) is 3.64. The summed E-state index contributed by atoms with van der Waals surface area (Å²) in [6.45, 7) is 7.30. The molecule has 11 nitrogen and oxygen atoms in total. The minimum absolute atomic E-state index is 0.0296. The summed E-state index contributed by atoms with van der Waals surface area (Å²) in [4.78, 5) is 25.4. The fourth-order valence-electron chi connectivity index (χ4n) is 3.64. The van der Waals surface area contributed by atoms with Crippen molar-refractivity contribution in [3.8, 4) is 0 Å². The predicted octanol–water partition coefficient (Wildman–Crippen LogP) is 2.83. The largest absolute Gasteiger partial charge is 0.394 e. The van der Waals surface area contributed by atoms with Crippen molar-refractivity contribution in [3.63, 3.8) is 0 Å². The smallest absolute Gasteiger partial charge is 0.251 e. The highest BCUT2D eigenvalue weighted by Crippen LogP contribution is 2.13.